The van der Waals surface area contributed by atoms with Crippen molar-refractivity contribution < 1.29 is 4.39 Å². The topological polar surface area (TPSA) is 67.4 Å². The van der Waals surface area contributed by atoms with Crippen molar-refractivity contribution in [3.8, 4) is 0 Å². The zero-order valence-corrected chi connectivity index (χ0v) is 19.4. The highest BCUT2D eigenvalue weighted by molar-refractivity contribution is 5.91. The van der Waals surface area contributed by atoms with Gasteiger partial charge in [0.25, 0.3) is 0 Å². The number of alkyl halides is 1. The SMILES string of the molecule is CCC(C=NC)C1CC(C(C)C2CC(N3CCN(C4CC4)CC3)=NC=N2)C(=N)CC1F. The van der Waals surface area contributed by atoms with Crippen molar-refractivity contribution in [1.29, 1.82) is 5.41 Å². The highest BCUT2D eigenvalue weighted by Crippen LogP contribution is 2.40. The minimum absolute atomic E-state index is 0.0496. The van der Waals surface area contributed by atoms with Crippen LogP contribution >= 0.6 is 0 Å². The third kappa shape index (κ3) is 5.07. The fraction of sp³-hybridized carbons (Fsp3) is 0.833. The second-order valence-corrected chi connectivity index (χ2v) is 9.93. The first kappa shape index (κ1) is 22.6. The van der Waals surface area contributed by atoms with E-state index in [1.54, 1.807) is 13.4 Å². The third-order valence-corrected chi connectivity index (χ3v) is 8.06. The Labute approximate surface area is 186 Å². The summed E-state index contributed by atoms with van der Waals surface area (Å²) in [5, 5.41) is 8.56. The first-order valence-corrected chi connectivity index (χ1v) is 12.2. The minimum atomic E-state index is -0.936. The van der Waals surface area contributed by atoms with E-state index in [0.29, 0.717) is 5.71 Å². The maximum Gasteiger partial charge on any atom is 0.112 e. The maximum atomic E-state index is 14.9. The summed E-state index contributed by atoms with van der Waals surface area (Å²) in [5.74, 6) is 1.55. The molecule has 6 unspecified atom stereocenters. The molecule has 4 aliphatic rings. The first-order valence-electron chi connectivity index (χ1n) is 12.2. The molecular formula is C24H39FN6. The van der Waals surface area contributed by atoms with Gasteiger partial charge in [-0.3, -0.25) is 9.89 Å². The predicted octanol–water partition coefficient (Wildman–Crippen LogP) is 3.71. The molecule has 0 aromatic carbocycles. The van der Waals surface area contributed by atoms with Gasteiger partial charge in [0, 0.05) is 70.0 Å². The Morgan fingerprint density at radius 2 is 2.00 bits per heavy atom. The van der Waals surface area contributed by atoms with Crippen molar-refractivity contribution in [2.24, 2.45) is 38.6 Å². The summed E-state index contributed by atoms with van der Waals surface area (Å²) < 4.78 is 14.9. The van der Waals surface area contributed by atoms with Crippen molar-refractivity contribution >= 4 is 24.1 Å². The molecule has 0 spiro atoms. The molecule has 6 atom stereocenters. The second kappa shape index (κ2) is 9.88. The number of nitrogens with zero attached hydrogens (tertiary/aromatic N) is 5. The van der Waals surface area contributed by atoms with Crippen molar-refractivity contribution in [1.82, 2.24) is 9.80 Å². The number of halogens is 1. The van der Waals surface area contributed by atoms with E-state index in [2.05, 4.69) is 33.6 Å². The molecule has 0 bridgehead atoms. The van der Waals surface area contributed by atoms with Crippen LogP contribution < -0.4 is 0 Å². The van der Waals surface area contributed by atoms with E-state index in [9.17, 15) is 4.39 Å². The van der Waals surface area contributed by atoms with Crippen LogP contribution in [0, 0.1) is 29.1 Å². The van der Waals surface area contributed by atoms with E-state index in [4.69, 9.17) is 10.4 Å². The first-order chi connectivity index (χ1) is 15.0. The predicted molar refractivity (Wildman–Crippen MR) is 127 cm³/mol. The third-order valence-electron chi connectivity index (χ3n) is 8.06. The van der Waals surface area contributed by atoms with Crippen LogP contribution in [0.25, 0.3) is 0 Å². The number of hydrogen-bond donors (Lipinski definition) is 1. The average Bonchev–Trinajstić information content (AvgIpc) is 3.63. The lowest BCUT2D eigenvalue weighted by atomic mass is 9.67. The summed E-state index contributed by atoms with van der Waals surface area (Å²) in [6.45, 7) is 8.66. The molecule has 2 aliphatic heterocycles. The molecule has 1 N–H and O–H groups in total. The van der Waals surface area contributed by atoms with Crippen LogP contribution in [0.5, 0.6) is 0 Å². The monoisotopic (exact) mass is 430 g/mol. The fourth-order valence-corrected chi connectivity index (χ4v) is 5.84. The van der Waals surface area contributed by atoms with Crippen LogP contribution in [0.2, 0.25) is 0 Å². The van der Waals surface area contributed by atoms with Crippen molar-refractivity contribution in [3.05, 3.63) is 0 Å². The summed E-state index contributed by atoms with van der Waals surface area (Å²) in [6.07, 6.45) is 8.15. The molecule has 0 aromatic heterocycles. The summed E-state index contributed by atoms with van der Waals surface area (Å²) in [6, 6.07) is 0.954. The molecule has 2 saturated carbocycles. The van der Waals surface area contributed by atoms with E-state index in [1.165, 1.54) is 12.8 Å². The van der Waals surface area contributed by atoms with Crippen LogP contribution in [0.1, 0.15) is 52.4 Å². The maximum absolute atomic E-state index is 14.9. The van der Waals surface area contributed by atoms with Gasteiger partial charge in [0.15, 0.2) is 0 Å². The Balaban J connectivity index is 1.38. The molecular weight excluding hydrogens is 391 g/mol. The lowest BCUT2D eigenvalue weighted by molar-refractivity contribution is 0.138. The largest absolute Gasteiger partial charge is 0.357 e. The molecule has 1 saturated heterocycles. The summed E-state index contributed by atoms with van der Waals surface area (Å²) in [7, 11) is 1.77. The lowest BCUT2D eigenvalue weighted by Crippen LogP contribution is -2.51. The molecule has 0 amide bonds. The molecule has 0 aromatic rings. The molecule has 4 rings (SSSR count). The number of aliphatic imine (C=N–C) groups is 3. The second-order valence-electron chi connectivity index (χ2n) is 9.93. The summed E-state index contributed by atoms with van der Waals surface area (Å²) in [4.78, 5) is 18.6. The standard InChI is InChI=1S/C24H39FN6/c1-4-17(14-27-3)20-11-19(22(26)12-21(20)25)16(2)23-13-24(29-15-28-23)31-9-7-30(8-10-31)18-5-6-18/h14-21,23,26H,4-13H2,1-3H3. The van der Waals surface area contributed by atoms with Gasteiger partial charge >= 0.3 is 0 Å². The Morgan fingerprint density at radius 3 is 2.65 bits per heavy atom. The molecule has 7 heteroatoms. The number of piperazine rings is 1. The van der Waals surface area contributed by atoms with Crippen LogP contribution in [0.4, 0.5) is 4.39 Å². The van der Waals surface area contributed by atoms with E-state index < -0.39 is 6.17 Å². The van der Waals surface area contributed by atoms with Gasteiger partial charge in [-0.05, 0) is 43.4 Å². The van der Waals surface area contributed by atoms with E-state index in [-0.39, 0.29) is 36.1 Å². The molecule has 2 heterocycles. The lowest BCUT2D eigenvalue weighted by Gasteiger charge is -2.41. The summed E-state index contributed by atoms with van der Waals surface area (Å²) >= 11 is 0. The molecule has 31 heavy (non-hydrogen) atoms. The highest BCUT2D eigenvalue weighted by atomic mass is 19.1. The van der Waals surface area contributed by atoms with Crippen LogP contribution in [-0.2, 0) is 0 Å². The molecule has 3 fully saturated rings. The van der Waals surface area contributed by atoms with Crippen LogP contribution in [0.15, 0.2) is 15.0 Å². The van der Waals surface area contributed by atoms with Crippen molar-refractivity contribution in [2.75, 3.05) is 33.2 Å². The minimum Gasteiger partial charge on any atom is -0.357 e. The smallest absolute Gasteiger partial charge is 0.112 e. The number of hydrogen-bond acceptors (Lipinski definition) is 6. The summed E-state index contributed by atoms with van der Waals surface area (Å²) in [5.41, 5.74) is 0.567. The van der Waals surface area contributed by atoms with Gasteiger partial charge in [0.05, 0.1) is 6.04 Å². The van der Waals surface area contributed by atoms with E-state index in [1.807, 2.05) is 6.21 Å². The zero-order chi connectivity index (χ0) is 22.0. The molecule has 2 aliphatic carbocycles. The fourth-order valence-electron chi connectivity index (χ4n) is 5.84. The van der Waals surface area contributed by atoms with Crippen molar-refractivity contribution in [3.63, 3.8) is 0 Å². The van der Waals surface area contributed by atoms with Gasteiger partial charge in [0.1, 0.15) is 18.3 Å². The quantitative estimate of drug-likeness (QED) is 0.653. The number of rotatable bonds is 6. The number of nitrogens with one attached hydrogen (secondary N) is 1. The Bertz CT molecular complexity index is 722. The normalized spacial score (nSPS) is 34.8. The zero-order valence-electron chi connectivity index (χ0n) is 19.4. The molecule has 172 valence electrons. The Morgan fingerprint density at radius 1 is 1.26 bits per heavy atom. The Kier molecular flexibility index (Phi) is 7.19. The average molecular weight is 431 g/mol. The number of amidine groups is 1. The highest BCUT2D eigenvalue weighted by Gasteiger charge is 2.42. The van der Waals surface area contributed by atoms with Gasteiger partial charge in [-0.2, -0.15) is 0 Å². The van der Waals surface area contributed by atoms with E-state index in [0.717, 1.165) is 57.3 Å². The Hall–Kier alpha value is -1.63. The van der Waals surface area contributed by atoms with Gasteiger partial charge < -0.3 is 15.3 Å². The van der Waals surface area contributed by atoms with Gasteiger partial charge in [-0.25, -0.2) is 9.38 Å². The van der Waals surface area contributed by atoms with E-state index >= 15 is 0 Å². The van der Waals surface area contributed by atoms with Crippen LogP contribution in [-0.4, -0.2) is 85.4 Å². The van der Waals surface area contributed by atoms with Gasteiger partial charge in [-0.15, -0.1) is 0 Å². The molecule has 6 nitrogen and oxygen atoms in total. The molecule has 0 radical (unpaired) electrons. The van der Waals surface area contributed by atoms with Gasteiger partial charge in [0.2, 0.25) is 0 Å². The van der Waals surface area contributed by atoms with Gasteiger partial charge in [-0.1, -0.05) is 13.8 Å². The van der Waals surface area contributed by atoms with Crippen LogP contribution in [0.3, 0.4) is 0 Å². The van der Waals surface area contributed by atoms with Crippen molar-refractivity contribution in [2.45, 2.75) is 70.6 Å².